The average molecular weight is 443 g/mol. The molecule has 166 valence electrons. The molecule has 2 atom stereocenters. The van der Waals surface area contributed by atoms with Crippen LogP contribution in [-0.4, -0.2) is 26.6 Å². The van der Waals surface area contributed by atoms with Crippen LogP contribution in [-0.2, 0) is 18.0 Å². The monoisotopic (exact) mass is 442 g/mol. The summed E-state index contributed by atoms with van der Waals surface area (Å²) in [5.74, 6) is -1.21. The molecular weight excluding hydrogens is 413 g/mol. The summed E-state index contributed by atoms with van der Waals surface area (Å²) < 4.78 is 41.8. The Morgan fingerprint density at radius 3 is 2.47 bits per heavy atom. The van der Waals surface area contributed by atoms with Crippen LogP contribution in [0.15, 0.2) is 35.5 Å². The Hall–Kier alpha value is -1.96. The summed E-state index contributed by atoms with van der Waals surface area (Å²) in [4.78, 5) is 12.3. The van der Waals surface area contributed by atoms with E-state index in [2.05, 4.69) is 12.0 Å². The van der Waals surface area contributed by atoms with Crippen molar-refractivity contribution in [3.63, 3.8) is 0 Å². The second kappa shape index (κ2) is 10.9. The Bertz CT molecular complexity index is 836. The van der Waals surface area contributed by atoms with Crippen LogP contribution in [0.5, 0.6) is 0 Å². The van der Waals surface area contributed by atoms with E-state index in [-0.39, 0.29) is 11.7 Å². The molecule has 1 N–H and O–H groups in total. The van der Waals surface area contributed by atoms with Crippen molar-refractivity contribution in [2.45, 2.75) is 57.0 Å². The zero-order chi connectivity index (χ0) is 22.3. The van der Waals surface area contributed by atoms with E-state index in [1.807, 2.05) is 6.92 Å². The summed E-state index contributed by atoms with van der Waals surface area (Å²) >= 11 is 1.18. The number of halogens is 3. The molecule has 2 rings (SSSR count). The lowest BCUT2D eigenvalue weighted by Crippen LogP contribution is -2.25. The number of alkyl halides is 3. The lowest BCUT2D eigenvalue weighted by molar-refractivity contribution is -0.143. The van der Waals surface area contributed by atoms with Crippen molar-refractivity contribution < 1.29 is 23.1 Å². The highest BCUT2D eigenvalue weighted by Gasteiger charge is 2.32. The molecule has 0 aliphatic heterocycles. The molecule has 0 fully saturated rings. The molecular formula is C22H29F3N2O2S. The number of hydrogen-bond acceptors (Lipinski definition) is 3. The Morgan fingerprint density at radius 2 is 1.93 bits per heavy atom. The molecule has 0 aliphatic carbocycles. The predicted octanol–water partition coefficient (Wildman–Crippen LogP) is 6.51. The minimum atomic E-state index is -4.48. The fourth-order valence-electron chi connectivity index (χ4n) is 3.52. The Kier molecular flexibility index (Phi) is 8.82. The van der Waals surface area contributed by atoms with Gasteiger partial charge in [-0.3, -0.25) is 9.48 Å². The normalized spacial score (nSPS) is 13.9. The molecule has 0 bridgehead atoms. The van der Waals surface area contributed by atoms with Crippen molar-refractivity contribution in [3.8, 4) is 11.1 Å². The summed E-state index contributed by atoms with van der Waals surface area (Å²) in [6.45, 7) is 4.07. The van der Waals surface area contributed by atoms with E-state index >= 15 is 0 Å². The maximum absolute atomic E-state index is 13.4. The largest absolute Gasteiger partial charge is 0.481 e. The fourth-order valence-corrected chi connectivity index (χ4v) is 4.73. The highest BCUT2D eigenvalue weighted by atomic mass is 32.2. The number of nitrogens with zero attached hydrogens (tertiary/aromatic N) is 2. The van der Waals surface area contributed by atoms with Gasteiger partial charge in [-0.05, 0) is 36.1 Å². The second-order valence-corrected chi connectivity index (χ2v) is 8.66. The number of thioether (sulfide) groups is 1. The van der Waals surface area contributed by atoms with Gasteiger partial charge in [0, 0.05) is 29.5 Å². The number of unbranched alkanes of at least 4 members (excludes halogenated alkanes) is 2. The first kappa shape index (κ1) is 24.3. The Morgan fingerprint density at radius 1 is 1.20 bits per heavy atom. The van der Waals surface area contributed by atoms with Crippen LogP contribution in [0.3, 0.4) is 0 Å². The van der Waals surface area contributed by atoms with Gasteiger partial charge in [-0.25, -0.2) is 0 Å². The molecule has 30 heavy (non-hydrogen) atoms. The summed E-state index contributed by atoms with van der Waals surface area (Å²) in [6, 6.07) is 3.88. The number of carboxylic acid groups (broad SMARTS) is 1. The van der Waals surface area contributed by atoms with Gasteiger partial charge in [0.1, 0.15) is 0 Å². The Balaban J connectivity index is 2.25. The molecule has 2 unspecified atom stereocenters. The number of aromatic nitrogens is 2. The molecule has 8 heteroatoms. The van der Waals surface area contributed by atoms with Crippen LogP contribution in [0.25, 0.3) is 11.1 Å². The van der Waals surface area contributed by atoms with Gasteiger partial charge < -0.3 is 5.11 Å². The van der Waals surface area contributed by atoms with E-state index < -0.39 is 23.6 Å². The van der Waals surface area contributed by atoms with Crippen LogP contribution in [0, 0.1) is 11.8 Å². The van der Waals surface area contributed by atoms with E-state index in [0.717, 1.165) is 44.2 Å². The second-order valence-electron chi connectivity index (χ2n) is 7.57. The number of hydrogen-bond donors (Lipinski definition) is 1. The molecule has 0 saturated carbocycles. The first-order chi connectivity index (χ1) is 14.2. The lowest BCUT2D eigenvalue weighted by Gasteiger charge is -2.23. The minimum Gasteiger partial charge on any atom is -0.481 e. The van der Waals surface area contributed by atoms with Gasteiger partial charge in [-0.15, -0.1) is 11.8 Å². The van der Waals surface area contributed by atoms with Gasteiger partial charge in [0.25, 0.3) is 0 Å². The molecule has 1 aromatic heterocycles. The van der Waals surface area contributed by atoms with E-state index in [9.17, 15) is 23.1 Å². The molecule has 0 aliphatic rings. The molecule has 2 aromatic rings. The SMILES string of the molecule is CCCCCC(CC)C(CSc1cc(-c2cnn(C)c2)cc(C(F)(F)F)c1)C(=O)O. The number of aliphatic carboxylic acids is 1. The average Bonchev–Trinajstić information content (AvgIpc) is 3.12. The molecule has 0 amide bonds. The van der Waals surface area contributed by atoms with Gasteiger partial charge in [0.2, 0.25) is 0 Å². The van der Waals surface area contributed by atoms with Crippen LogP contribution in [0.1, 0.15) is 51.5 Å². The highest BCUT2D eigenvalue weighted by molar-refractivity contribution is 7.99. The first-order valence-electron chi connectivity index (χ1n) is 10.2. The van der Waals surface area contributed by atoms with Crippen molar-refractivity contribution in [1.29, 1.82) is 0 Å². The standard InChI is InChI=1S/C22H29F3N2O2S/c1-4-6-7-8-15(5-2)20(21(28)29)14-30-19-10-16(17-12-26-27(3)13-17)9-18(11-19)22(23,24)25/h9-13,15,20H,4-8,14H2,1-3H3,(H,28,29). The number of benzene rings is 1. The third kappa shape index (κ3) is 6.79. The van der Waals surface area contributed by atoms with Crippen molar-refractivity contribution >= 4 is 17.7 Å². The van der Waals surface area contributed by atoms with Crippen LogP contribution >= 0.6 is 11.8 Å². The minimum absolute atomic E-state index is 0.0187. The first-order valence-corrected chi connectivity index (χ1v) is 11.2. The smallest absolute Gasteiger partial charge is 0.416 e. The summed E-state index contributed by atoms with van der Waals surface area (Å²) in [5.41, 5.74) is 0.265. The van der Waals surface area contributed by atoms with E-state index in [1.165, 1.54) is 22.6 Å². The topological polar surface area (TPSA) is 55.1 Å². The molecule has 0 saturated heterocycles. The number of carboxylic acids is 1. The molecule has 4 nitrogen and oxygen atoms in total. The number of carbonyl (C=O) groups is 1. The number of rotatable bonds is 11. The summed E-state index contributed by atoms with van der Waals surface area (Å²) in [6.07, 6.45) is 3.35. The fraction of sp³-hybridized carbons (Fsp3) is 0.545. The van der Waals surface area contributed by atoms with Gasteiger partial charge in [-0.1, -0.05) is 39.5 Å². The summed E-state index contributed by atoms with van der Waals surface area (Å²) in [5, 5.41) is 13.8. The number of aryl methyl sites for hydroxylation is 1. The van der Waals surface area contributed by atoms with Gasteiger partial charge >= 0.3 is 12.1 Å². The quantitative estimate of drug-likeness (QED) is 0.319. The maximum Gasteiger partial charge on any atom is 0.416 e. The lowest BCUT2D eigenvalue weighted by atomic mass is 9.87. The van der Waals surface area contributed by atoms with Crippen molar-refractivity contribution in [2.24, 2.45) is 18.9 Å². The van der Waals surface area contributed by atoms with Crippen molar-refractivity contribution in [1.82, 2.24) is 9.78 Å². The molecule has 0 spiro atoms. The third-order valence-electron chi connectivity index (χ3n) is 5.29. The maximum atomic E-state index is 13.4. The third-order valence-corrected chi connectivity index (χ3v) is 6.39. The van der Waals surface area contributed by atoms with Crippen LogP contribution in [0.4, 0.5) is 13.2 Å². The van der Waals surface area contributed by atoms with E-state index in [0.29, 0.717) is 16.0 Å². The van der Waals surface area contributed by atoms with Gasteiger partial charge in [0.05, 0.1) is 17.7 Å². The van der Waals surface area contributed by atoms with E-state index in [1.54, 1.807) is 19.3 Å². The van der Waals surface area contributed by atoms with Gasteiger partial charge in [-0.2, -0.15) is 18.3 Å². The van der Waals surface area contributed by atoms with Crippen molar-refractivity contribution in [3.05, 3.63) is 36.2 Å². The van der Waals surface area contributed by atoms with Crippen LogP contribution in [0.2, 0.25) is 0 Å². The van der Waals surface area contributed by atoms with Crippen LogP contribution < -0.4 is 0 Å². The molecule has 0 radical (unpaired) electrons. The molecule has 1 heterocycles. The zero-order valence-corrected chi connectivity index (χ0v) is 18.4. The van der Waals surface area contributed by atoms with Crippen molar-refractivity contribution in [2.75, 3.05) is 5.75 Å². The van der Waals surface area contributed by atoms with Gasteiger partial charge in [0.15, 0.2) is 0 Å². The summed E-state index contributed by atoms with van der Waals surface area (Å²) in [7, 11) is 1.70. The Labute approximate surface area is 179 Å². The highest BCUT2D eigenvalue weighted by Crippen LogP contribution is 2.37. The predicted molar refractivity (Wildman–Crippen MR) is 113 cm³/mol. The molecule has 1 aromatic carbocycles. The zero-order valence-electron chi connectivity index (χ0n) is 17.6. The van der Waals surface area contributed by atoms with E-state index in [4.69, 9.17) is 0 Å².